The highest BCUT2D eigenvalue weighted by Gasteiger charge is 2.30. The summed E-state index contributed by atoms with van der Waals surface area (Å²) in [6.45, 7) is 1.57. The molecule has 1 atom stereocenters. The standard InChI is InChI=1S/C19H22N4O2/c24-18-8-7-14-4-1-2-6-17(14)23(18)13-19(25)22-11-3-5-15(12-22)16-9-10-20-21-16/h1-2,4,6,9-10,15H,3,5,7-8,11-13H2,(H,20,21). The molecule has 4 rings (SSSR count). The molecule has 1 aromatic heterocycles. The van der Waals surface area contributed by atoms with Crippen molar-refractivity contribution in [3.8, 4) is 0 Å². The topological polar surface area (TPSA) is 69.3 Å². The number of fused-ring (bicyclic) bond motifs is 1. The number of piperidine rings is 1. The largest absolute Gasteiger partial charge is 0.340 e. The Hall–Kier alpha value is -2.63. The minimum atomic E-state index is 0.0225. The number of anilines is 1. The minimum absolute atomic E-state index is 0.0225. The number of amides is 2. The van der Waals surface area contributed by atoms with Crippen molar-refractivity contribution in [3.05, 3.63) is 47.8 Å². The van der Waals surface area contributed by atoms with Gasteiger partial charge in [0.05, 0.1) is 0 Å². The molecule has 6 heteroatoms. The lowest BCUT2D eigenvalue weighted by molar-refractivity contribution is -0.132. The smallest absolute Gasteiger partial charge is 0.242 e. The summed E-state index contributed by atoms with van der Waals surface area (Å²) in [5.41, 5.74) is 3.11. The van der Waals surface area contributed by atoms with Crippen molar-refractivity contribution in [2.45, 2.75) is 31.6 Å². The zero-order chi connectivity index (χ0) is 17.2. The van der Waals surface area contributed by atoms with Crippen LogP contribution in [0.1, 0.15) is 36.4 Å². The number of hydrogen-bond donors (Lipinski definition) is 1. The molecule has 3 heterocycles. The fourth-order valence-corrected chi connectivity index (χ4v) is 3.86. The minimum Gasteiger partial charge on any atom is -0.340 e. The molecule has 1 unspecified atom stereocenters. The molecule has 2 aliphatic rings. The van der Waals surface area contributed by atoms with E-state index in [1.54, 1.807) is 11.1 Å². The fourth-order valence-electron chi connectivity index (χ4n) is 3.86. The number of benzene rings is 1. The number of para-hydroxylation sites is 1. The molecule has 1 saturated heterocycles. The van der Waals surface area contributed by atoms with Gasteiger partial charge >= 0.3 is 0 Å². The van der Waals surface area contributed by atoms with Crippen molar-refractivity contribution in [3.63, 3.8) is 0 Å². The highest BCUT2D eigenvalue weighted by molar-refractivity contribution is 6.01. The molecule has 1 N–H and O–H groups in total. The van der Waals surface area contributed by atoms with Crippen LogP contribution in [0.2, 0.25) is 0 Å². The number of likely N-dealkylation sites (tertiary alicyclic amines) is 1. The quantitative estimate of drug-likeness (QED) is 0.932. The lowest BCUT2D eigenvalue weighted by Gasteiger charge is -2.35. The molecular weight excluding hydrogens is 316 g/mol. The van der Waals surface area contributed by atoms with Crippen molar-refractivity contribution >= 4 is 17.5 Å². The zero-order valence-electron chi connectivity index (χ0n) is 14.1. The van der Waals surface area contributed by atoms with Crippen LogP contribution in [0.3, 0.4) is 0 Å². The monoisotopic (exact) mass is 338 g/mol. The maximum Gasteiger partial charge on any atom is 0.242 e. The van der Waals surface area contributed by atoms with Crippen molar-refractivity contribution in [2.75, 3.05) is 24.5 Å². The Morgan fingerprint density at radius 1 is 1.24 bits per heavy atom. The summed E-state index contributed by atoms with van der Waals surface area (Å²) in [6.07, 6.45) is 5.00. The van der Waals surface area contributed by atoms with Gasteiger partial charge in [-0.05, 0) is 37.0 Å². The van der Waals surface area contributed by atoms with E-state index in [0.29, 0.717) is 18.9 Å². The normalized spacial score (nSPS) is 20.5. The number of H-pyrrole nitrogens is 1. The summed E-state index contributed by atoms with van der Waals surface area (Å²) in [6, 6.07) is 9.85. The van der Waals surface area contributed by atoms with E-state index in [4.69, 9.17) is 0 Å². The van der Waals surface area contributed by atoms with Gasteiger partial charge in [0.25, 0.3) is 0 Å². The van der Waals surface area contributed by atoms with Crippen LogP contribution in [0.25, 0.3) is 0 Å². The predicted octanol–water partition coefficient (Wildman–Crippen LogP) is 2.10. The van der Waals surface area contributed by atoms with Crippen LogP contribution >= 0.6 is 0 Å². The molecule has 0 bridgehead atoms. The van der Waals surface area contributed by atoms with Crippen LogP contribution in [0.5, 0.6) is 0 Å². The number of carbonyl (C=O) groups excluding carboxylic acids is 2. The molecule has 6 nitrogen and oxygen atoms in total. The van der Waals surface area contributed by atoms with Crippen LogP contribution in [0.15, 0.2) is 36.5 Å². The fraction of sp³-hybridized carbons (Fsp3) is 0.421. The van der Waals surface area contributed by atoms with E-state index in [-0.39, 0.29) is 18.4 Å². The summed E-state index contributed by atoms with van der Waals surface area (Å²) >= 11 is 0. The number of rotatable bonds is 3. The maximum absolute atomic E-state index is 12.8. The van der Waals surface area contributed by atoms with Crippen LogP contribution in [0, 0.1) is 0 Å². The van der Waals surface area contributed by atoms with Gasteiger partial charge in [0.1, 0.15) is 6.54 Å². The molecule has 0 spiro atoms. The van der Waals surface area contributed by atoms with Crippen LogP contribution in [-0.2, 0) is 16.0 Å². The second kappa shape index (κ2) is 6.70. The molecule has 0 aliphatic carbocycles. The SMILES string of the molecule is O=C(CN1C(=O)CCc2ccccc21)N1CCCC(c2ccn[nH]2)C1. The van der Waals surface area contributed by atoms with Crippen molar-refractivity contribution < 1.29 is 9.59 Å². The van der Waals surface area contributed by atoms with Crippen LogP contribution in [0.4, 0.5) is 5.69 Å². The van der Waals surface area contributed by atoms with Gasteiger partial charge in [0, 0.05) is 43.0 Å². The molecule has 130 valence electrons. The first-order valence-corrected chi connectivity index (χ1v) is 8.87. The van der Waals surface area contributed by atoms with Gasteiger partial charge in [-0.25, -0.2) is 0 Å². The first kappa shape index (κ1) is 15.9. The van der Waals surface area contributed by atoms with Crippen LogP contribution < -0.4 is 4.90 Å². The van der Waals surface area contributed by atoms with E-state index in [1.807, 2.05) is 35.2 Å². The first-order valence-electron chi connectivity index (χ1n) is 8.87. The summed E-state index contributed by atoms with van der Waals surface area (Å²) in [5, 5.41) is 7.03. The predicted molar refractivity (Wildman–Crippen MR) is 94.3 cm³/mol. The Labute approximate surface area is 146 Å². The van der Waals surface area contributed by atoms with E-state index < -0.39 is 0 Å². The number of aromatic nitrogens is 2. The average molecular weight is 338 g/mol. The second-order valence-corrected chi connectivity index (χ2v) is 6.80. The lowest BCUT2D eigenvalue weighted by Crippen LogP contribution is -2.47. The maximum atomic E-state index is 12.8. The summed E-state index contributed by atoms with van der Waals surface area (Å²) < 4.78 is 0. The van der Waals surface area contributed by atoms with Crippen molar-refractivity contribution in [1.29, 1.82) is 0 Å². The first-order chi connectivity index (χ1) is 12.2. The van der Waals surface area contributed by atoms with Gasteiger partial charge in [-0.15, -0.1) is 0 Å². The van der Waals surface area contributed by atoms with E-state index in [2.05, 4.69) is 10.2 Å². The Kier molecular flexibility index (Phi) is 4.26. The number of aromatic amines is 1. The molecule has 0 radical (unpaired) electrons. The molecule has 2 aliphatic heterocycles. The Morgan fingerprint density at radius 3 is 2.96 bits per heavy atom. The number of hydrogen-bond acceptors (Lipinski definition) is 3. The third-order valence-electron chi connectivity index (χ3n) is 5.22. The number of aryl methyl sites for hydroxylation is 1. The lowest BCUT2D eigenvalue weighted by atomic mass is 9.95. The third kappa shape index (κ3) is 3.16. The van der Waals surface area contributed by atoms with Gasteiger partial charge in [-0.2, -0.15) is 5.10 Å². The zero-order valence-corrected chi connectivity index (χ0v) is 14.1. The molecular formula is C19H22N4O2. The van der Waals surface area contributed by atoms with Crippen molar-refractivity contribution in [2.24, 2.45) is 0 Å². The van der Waals surface area contributed by atoms with E-state index in [0.717, 1.165) is 42.8 Å². The van der Waals surface area contributed by atoms with Gasteiger partial charge in [0.2, 0.25) is 11.8 Å². The van der Waals surface area contributed by atoms with Gasteiger partial charge in [-0.1, -0.05) is 18.2 Å². The van der Waals surface area contributed by atoms with Crippen molar-refractivity contribution in [1.82, 2.24) is 15.1 Å². The van der Waals surface area contributed by atoms with Crippen LogP contribution in [-0.4, -0.2) is 46.5 Å². The van der Waals surface area contributed by atoms with Gasteiger partial charge in [0.15, 0.2) is 0 Å². The summed E-state index contributed by atoms with van der Waals surface area (Å²) in [5.74, 6) is 0.355. The Morgan fingerprint density at radius 2 is 2.12 bits per heavy atom. The third-order valence-corrected chi connectivity index (χ3v) is 5.22. The molecule has 0 saturated carbocycles. The molecule has 2 amide bonds. The van der Waals surface area contributed by atoms with E-state index >= 15 is 0 Å². The van der Waals surface area contributed by atoms with E-state index in [1.165, 1.54) is 0 Å². The molecule has 2 aromatic rings. The average Bonchev–Trinajstić information content (AvgIpc) is 3.19. The molecule has 1 aromatic carbocycles. The van der Waals surface area contributed by atoms with Gasteiger partial charge < -0.3 is 9.80 Å². The summed E-state index contributed by atoms with van der Waals surface area (Å²) in [4.78, 5) is 28.8. The Bertz CT molecular complexity index is 771. The number of carbonyl (C=O) groups is 2. The summed E-state index contributed by atoms with van der Waals surface area (Å²) in [7, 11) is 0. The Balaban J connectivity index is 1.47. The molecule has 1 fully saturated rings. The van der Waals surface area contributed by atoms with E-state index in [9.17, 15) is 9.59 Å². The van der Waals surface area contributed by atoms with Gasteiger partial charge in [-0.3, -0.25) is 14.7 Å². The second-order valence-electron chi connectivity index (χ2n) is 6.80. The molecule has 25 heavy (non-hydrogen) atoms. The number of nitrogens with one attached hydrogen (secondary N) is 1. The highest BCUT2D eigenvalue weighted by Crippen LogP contribution is 2.29. The number of nitrogens with zero attached hydrogens (tertiary/aromatic N) is 3. The highest BCUT2D eigenvalue weighted by atomic mass is 16.2.